The van der Waals surface area contributed by atoms with Crippen LogP contribution < -0.4 is 10.2 Å². The fraction of sp³-hybridized carbons (Fsp3) is 0.571. The third-order valence-electron chi connectivity index (χ3n) is 5.82. The summed E-state index contributed by atoms with van der Waals surface area (Å²) in [6.45, 7) is 5.83. The summed E-state index contributed by atoms with van der Waals surface area (Å²) in [6, 6.07) is 3.67. The van der Waals surface area contributed by atoms with Crippen molar-refractivity contribution in [1.82, 2.24) is 14.8 Å². The number of aromatic nitrogens is 3. The van der Waals surface area contributed by atoms with Crippen molar-refractivity contribution in [3.8, 4) is 0 Å². The number of carbonyl (C=O) groups excluding carboxylic acids is 1. The molecule has 2 fully saturated rings. The van der Waals surface area contributed by atoms with Crippen molar-refractivity contribution in [2.24, 2.45) is 5.92 Å². The molecular formula is C21H25ClF3N5OS. The SMILES string of the molecule is CC1CCN(c2nnc(S[C@@H](C)C(=O)Nc3ccc(Cl)c(C(F)(F)F)c3)n2C2CC2)CC1. The van der Waals surface area contributed by atoms with Crippen LogP contribution in [-0.2, 0) is 11.0 Å². The Morgan fingerprint density at radius 3 is 2.53 bits per heavy atom. The number of nitrogens with one attached hydrogen (secondary N) is 1. The number of halogens is 4. The first-order chi connectivity index (χ1) is 15.1. The number of piperidine rings is 1. The highest BCUT2D eigenvalue weighted by Gasteiger charge is 2.35. The van der Waals surface area contributed by atoms with Crippen molar-refractivity contribution < 1.29 is 18.0 Å². The summed E-state index contributed by atoms with van der Waals surface area (Å²) in [4.78, 5) is 14.9. The predicted octanol–water partition coefficient (Wildman–Crippen LogP) is 5.64. The number of benzene rings is 1. The van der Waals surface area contributed by atoms with Gasteiger partial charge in [0.15, 0.2) is 5.16 Å². The first kappa shape index (κ1) is 23.2. The molecule has 1 aromatic heterocycles. The van der Waals surface area contributed by atoms with Gasteiger partial charge in [-0.05, 0) is 56.7 Å². The first-order valence-corrected chi connectivity index (χ1v) is 11.9. The highest BCUT2D eigenvalue weighted by Crippen LogP contribution is 2.42. The van der Waals surface area contributed by atoms with E-state index >= 15 is 0 Å². The molecule has 1 saturated carbocycles. The van der Waals surface area contributed by atoms with Crippen molar-refractivity contribution in [3.63, 3.8) is 0 Å². The fourth-order valence-electron chi connectivity index (χ4n) is 3.70. The smallest absolute Gasteiger partial charge is 0.341 e. The van der Waals surface area contributed by atoms with Gasteiger partial charge in [-0.15, -0.1) is 10.2 Å². The zero-order chi connectivity index (χ0) is 23.0. The molecule has 1 aromatic carbocycles. The van der Waals surface area contributed by atoms with E-state index in [2.05, 4.69) is 31.9 Å². The van der Waals surface area contributed by atoms with Crippen molar-refractivity contribution in [1.29, 1.82) is 0 Å². The molecule has 2 aliphatic rings. The van der Waals surface area contributed by atoms with Crippen LogP contribution in [0, 0.1) is 5.92 Å². The Labute approximate surface area is 193 Å². The lowest BCUT2D eigenvalue weighted by Gasteiger charge is -2.31. The van der Waals surface area contributed by atoms with E-state index in [1.54, 1.807) is 6.92 Å². The minimum Gasteiger partial charge on any atom is -0.341 e. The average molecular weight is 488 g/mol. The third kappa shape index (κ3) is 5.17. The molecule has 6 nitrogen and oxygen atoms in total. The maximum Gasteiger partial charge on any atom is 0.417 e. The van der Waals surface area contributed by atoms with Gasteiger partial charge in [-0.25, -0.2) is 0 Å². The van der Waals surface area contributed by atoms with Gasteiger partial charge >= 0.3 is 6.18 Å². The number of rotatable bonds is 6. The summed E-state index contributed by atoms with van der Waals surface area (Å²) >= 11 is 6.92. The van der Waals surface area contributed by atoms with E-state index in [0.29, 0.717) is 17.1 Å². The Morgan fingerprint density at radius 2 is 1.91 bits per heavy atom. The van der Waals surface area contributed by atoms with Gasteiger partial charge in [0.2, 0.25) is 11.9 Å². The molecule has 11 heteroatoms. The first-order valence-electron chi connectivity index (χ1n) is 10.7. The van der Waals surface area contributed by atoms with Crippen LogP contribution in [0.15, 0.2) is 23.4 Å². The van der Waals surface area contributed by atoms with Crippen molar-refractivity contribution in [3.05, 3.63) is 28.8 Å². The lowest BCUT2D eigenvalue weighted by molar-refractivity contribution is -0.137. The zero-order valence-electron chi connectivity index (χ0n) is 17.8. The molecule has 1 atom stereocenters. The van der Waals surface area contributed by atoms with Gasteiger partial charge < -0.3 is 10.2 Å². The standard InChI is InChI=1S/C21H25ClF3N5OS/c1-12-7-9-29(10-8-12)19-27-28-20(30(19)15-4-5-15)32-13(2)18(31)26-14-3-6-17(22)16(11-14)21(23,24)25/h3,6,11-13,15H,4-5,7-10H2,1-2H3,(H,26,31)/t13-/m0/s1. The quantitative estimate of drug-likeness (QED) is 0.534. The number of hydrogen-bond acceptors (Lipinski definition) is 5. The van der Waals surface area contributed by atoms with E-state index in [9.17, 15) is 18.0 Å². The van der Waals surface area contributed by atoms with Crippen molar-refractivity contribution >= 4 is 40.9 Å². The molecule has 174 valence electrons. The highest BCUT2D eigenvalue weighted by atomic mass is 35.5. The Balaban J connectivity index is 1.46. The minimum absolute atomic E-state index is 0.0472. The molecule has 2 heterocycles. The van der Waals surface area contributed by atoms with Crippen LogP contribution in [0.4, 0.5) is 24.8 Å². The van der Waals surface area contributed by atoms with Crippen LogP contribution in [0.25, 0.3) is 0 Å². The van der Waals surface area contributed by atoms with E-state index in [1.807, 2.05) is 0 Å². The zero-order valence-corrected chi connectivity index (χ0v) is 19.4. The molecule has 4 rings (SSSR count). The van der Waals surface area contributed by atoms with Gasteiger partial charge in [0.05, 0.1) is 15.8 Å². The summed E-state index contributed by atoms with van der Waals surface area (Å²) in [6.07, 6.45) is -0.274. The number of carbonyl (C=O) groups is 1. The van der Waals surface area contributed by atoms with Crippen LogP contribution >= 0.6 is 23.4 Å². The number of anilines is 2. The number of alkyl halides is 3. The number of amides is 1. The predicted molar refractivity (Wildman–Crippen MR) is 119 cm³/mol. The molecule has 1 aliphatic heterocycles. The maximum atomic E-state index is 13.1. The lowest BCUT2D eigenvalue weighted by atomic mass is 10.00. The lowest BCUT2D eigenvalue weighted by Crippen LogP contribution is -2.34. The van der Waals surface area contributed by atoms with Gasteiger partial charge in [-0.2, -0.15) is 13.2 Å². The van der Waals surface area contributed by atoms with Crippen molar-refractivity contribution in [2.75, 3.05) is 23.3 Å². The second kappa shape index (κ2) is 9.13. The van der Waals surface area contributed by atoms with E-state index in [0.717, 1.165) is 56.9 Å². The van der Waals surface area contributed by atoms with Crippen LogP contribution in [-0.4, -0.2) is 39.0 Å². The maximum absolute atomic E-state index is 13.1. The molecule has 0 spiro atoms. The Morgan fingerprint density at radius 1 is 1.22 bits per heavy atom. The molecule has 2 aromatic rings. The van der Waals surface area contributed by atoms with Gasteiger partial charge in [-0.3, -0.25) is 9.36 Å². The van der Waals surface area contributed by atoms with Crippen LogP contribution in [0.2, 0.25) is 5.02 Å². The normalized spacial score (nSPS) is 18.6. The second-order valence-corrected chi connectivity index (χ2v) is 10.2. The number of hydrogen-bond donors (Lipinski definition) is 1. The fourth-order valence-corrected chi connectivity index (χ4v) is 4.84. The van der Waals surface area contributed by atoms with E-state index in [1.165, 1.54) is 17.8 Å². The molecular weight excluding hydrogens is 463 g/mol. The van der Waals surface area contributed by atoms with Crippen LogP contribution in [0.5, 0.6) is 0 Å². The third-order valence-corrected chi connectivity index (χ3v) is 7.20. The summed E-state index contributed by atoms with van der Waals surface area (Å²) in [5.41, 5.74) is -0.933. The van der Waals surface area contributed by atoms with Gasteiger partial charge in [0, 0.05) is 24.8 Å². The minimum atomic E-state index is -4.60. The van der Waals surface area contributed by atoms with Crippen LogP contribution in [0.3, 0.4) is 0 Å². The van der Waals surface area contributed by atoms with Crippen molar-refractivity contribution in [2.45, 2.75) is 62.2 Å². The summed E-state index contributed by atoms with van der Waals surface area (Å²) < 4.78 is 41.4. The molecule has 1 N–H and O–H groups in total. The van der Waals surface area contributed by atoms with Gasteiger partial charge in [0.25, 0.3) is 0 Å². The summed E-state index contributed by atoms with van der Waals surface area (Å²) in [5.74, 6) is 1.14. The molecule has 1 saturated heterocycles. The summed E-state index contributed by atoms with van der Waals surface area (Å²) in [5, 5.41) is 11.0. The van der Waals surface area contributed by atoms with E-state index < -0.39 is 27.9 Å². The Kier molecular flexibility index (Phi) is 6.63. The summed E-state index contributed by atoms with van der Waals surface area (Å²) in [7, 11) is 0. The molecule has 1 aliphatic carbocycles. The molecule has 32 heavy (non-hydrogen) atoms. The largest absolute Gasteiger partial charge is 0.417 e. The topological polar surface area (TPSA) is 63.1 Å². The monoisotopic (exact) mass is 487 g/mol. The van der Waals surface area contributed by atoms with Gasteiger partial charge in [0.1, 0.15) is 0 Å². The average Bonchev–Trinajstić information content (AvgIpc) is 3.49. The van der Waals surface area contributed by atoms with E-state index in [-0.39, 0.29) is 5.69 Å². The van der Waals surface area contributed by atoms with Crippen LogP contribution in [0.1, 0.15) is 51.1 Å². The van der Waals surface area contributed by atoms with E-state index in [4.69, 9.17) is 11.6 Å². The Bertz CT molecular complexity index is 986. The molecule has 0 radical (unpaired) electrons. The molecule has 0 unspecified atom stereocenters. The number of nitrogens with zero attached hydrogens (tertiary/aromatic N) is 4. The molecule has 0 bridgehead atoms. The number of thioether (sulfide) groups is 1. The van der Waals surface area contributed by atoms with Gasteiger partial charge in [-0.1, -0.05) is 30.3 Å². The molecule has 1 amide bonds. The highest BCUT2D eigenvalue weighted by molar-refractivity contribution is 8.00. The second-order valence-electron chi connectivity index (χ2n) is 8.50. The Hall–Kier alpha value is -1.94.